The van der Waals surface area contributed by atoms with Gasteiger partial charge in [0.2, 0.25) is 5.95 Å². The van der Waals surface area contributed by atoms with Crippen LogP contribution in [0.15, 0.2) is 6.20 Å². The van der Waals surface area contributed by atoms with E-state index in [1.54, 1.807) is 19.0 Å². The summed E-state index contributed by atoms with van der Waals surface area (Å²) < 4.78 is 13.5. The molecule has 2 rings (SSSR count). The van der Waals surface area contributed by atoms with Gasteiger partial charge in [-0.25, -0.2) is 9.37 Å². The summed E-state index contributed by atoms with van der Waals surface area (Å²) in [5.74, 6) is 0.413. The summed E-state index contributed by atoms with van der Waals surface area (Å²) in [6, 6.07) is 0.529. The van der Waals surface area contributed by atoms with Gasteiger partial charge < -0.3 is 10.2 Å². The van der Waals surface area contributed by atoms with Crippen LogP contribution in [-0.2, 0) is 0 Å². The summed E-state index contributed by atoms with van der Waals surface area (Å²) in [4.78, 5) is 12.3. The fourth-order valence-electron chi connectivity index (χ4n) is 2.51. The van der Waals surface area contributed by atoms with E-state index in [2.05, 4.69) is 27.1 Å². The minimum atomic E-state index is -0.397. The van der Waals surface area contributed by atoms with Crippen molar-refractivity contribution in [1.82, 2.24) is 14.9 Å². The molecule has 1 saturated heterocycles. The number of likely N-dealkylation sites (tertiary alicyclic amines) is 1. The van der Waals surface area contributed by atoms with Crippen LogP contribution >= 0.6 is 0 Å². The smallest absolute Gasteiger partial charge is 0.224 e. The van der Waals surface area contributed by atoms with Crippen molar-refractivity contribution in [2.75, 3.05) is 43.9 Å². The van der Waals surface area contributed by atoms with Crippen molar-refractivity contribution in [2.24, 2.45) is 0 Å². The number of hydrogen-bond acceptors (Lipinski definition) is 5. The van der Waals surface area contributed by atoms with E-state index in [-0.39, 0.29) is 0 Å². The number of rotatable bonds is 5. The maximum Gasteiger partial charge on any atom is 0.224 e. The normalized spacial score (nSPS) is 19.7. The average molecular weight is 267 g/mol. The van der Waals surface area contributed by atoms with Crippen LogP contribution in [0, 0.1) is 5.82 Å². The standard InChI is InChI=1S/C13H22FN5/c1-4-19-7-5-6-10(19)8-15-13-16-9-11(14)12(17-13)18(2)3/h9-10H,4-8H2,1-3H3,(H,15,16,17). The molecule has 19 heavy (non-hydrogen) atoms. The Bertz CT molecular complexity index is 423. The van der Waals surface area contributed by atoms with E-state index in [0.29, 0.717) is 17.8 Å². The van der Waals surface area contributed by atoms with E-state index in [1.165, 1.54) is 19.0 Å². The Hall–Kier alpha value is -1.43. The van der Waals surface area contributed by atoms with E-state index in [1.807, 2.05) is 0 Å². The quantitative estimate of drug-likeness (QED) is 0.877. The third-order valence-corrected chi connectivity index (χ3v) is 3.55. The molecule has 0 radical (unpaired) electrons. The maximum absolute atomic E-state index is 13.5. The molecule has 1 unspecified atom stereocenters. The first kappa shape index (κ1) is 14.0. The first-order chi connectivity index (χ1) is 9.11. The molecule has 6 heteroatoms. The summed E-state index contributed by atoms with van der Waals surface area (Å²) in [6.07, 6.45) is 3.66. The monoisotopic (exact) mass is 267 g/mol. The molecule has 0 spiro atoms. The summed E-state index contributed by atoms with van der Waals surface area (Å²) in [5, 5.41) is 3.22. The molecule has 5 nitrogen and oxygen atoms in total. The van der Waals surface area contributed by atoms with E-state index in [9.17, 15) is 4.39 Å². The molecule has 106 valence electrons. The average Bonchev–Trinajstić information content (AvgIpc) is 2.84. The van der Waals surface area contributed by atoms with Crippen LogP contribution in [0.5, 0.6) is 0 Å². The third-order valence-electron chi connectivity index (χ3n) is 3.55. The second-order valence-electron chi connectivity index (χ2n) is 5.07. The molecule has 2 heterocycles. The molecule has 0 saturated carbocycles. The van der Waals surface area contributed by atoms with Gasteiger partial charge in [0.1, 0.15) is 0 Å². The summed E-state index contributed by atoms with van der Waals surface area (Å²) in [7, 11) is 3.54. The highest BCUT2D eigenvalue weighted by molar-refractivity contribution is 5.42. The molecule has 1 fully saturated rings. The van der Waals surface area contributed by atoms with Crippen molar-refractivity contribution in [3.8, 4) is 0 Å². The molecule has 1 N–H and O–H groups in total. The minimum Gasteiger partial charge on any atom is -0.360 e. The number of nitrogens with zero attached hydrogens (tertiary/aromatic N) is 4. The topological polar surface area (TPSA) is 44.3 Å². The molecule has 1 aliphatic heterocycles. The number of halogens is 1. The molecule has 1 aromatic heterocycles. The lowest BCUT2D eigenvalue weighted by Crippen LogP contribution is -2.35. The number of aromatic nitrogens is 2. The van der Waals surface area contributed by atoms with Crippen molar-refractivity contribution < 1.29 is 4.39 Å². The van der Waals surface area contributed by atoms with Gasteiger partial charge in [-0.05, 0) is 25.9 Å². The van der Waals surface area contributed by atoms with E-state index in [4.69, 9.17) is 0 Å². The van der Waals surface area contributed by atoms with Gasteiger partial charge in [-0.15, -0.1) is 0 Å². The van der Waals surface area contributed by atoms with Gasteiger partial charge in [-0.1, -0.05) is 6.92 Å². The number of likely N-dealkylation sites (N-methyl/N-ethyl adjacent to an activating group) is 1. The SMILES string of the molecule is CCN1CCCC1CNc1ncc(F)c(N(C)C)n1. The Balaban J connectivity index is 1.98. The van der Waals surface area contributed by atoms with Crippen LogP contribution in [0.3, 0.4) is 0 Å². The van der Waals surface area contributed by atoms with Crippen LogP contribution in [0.2, 0.25) is 0 Å². The summed E-state index contributed by atoms with van der Waals surface area (Å²) >= 11 is 0. The van der Waals surface area contributed by atoms with Crippen molar-refractivity contribution in [1.29, 1.82) is 0 Å². The number of hydrogen-bond donors (Lipinski definition) is 1. The lowest BCUT2D eigenvalue weighted by molar-refractivity contribution is 0.277. The zero-order valence-electron chi connectivity index (χ0n) is 11.9. The molecule has 0 amide bonds. The molecule has 1 aliphatic rings. The second kappa shape index (κ2) is 6.14. The number of anilines is 2. The molecule has 1 aromatic rings. The van der Waals surface area contributed by atoms with Crippen molar-refractivity contribution >= 4 is 11.8 Å². The predicted molar refractivity (Wildman–Crippen MR) is 75.1 cm³/mol. The van der Waals surface area contributed by atoms with Gasteiger partial charge in [0, 0.05) is 26.7 Å². The van der Waals surface area contributed by atoms with E-state index in [0.717, 1.165) is 19.6 Å². The maximum atomic E-state index is 13.5. The largest absolute Gasteiger partial charge is 0.360 e. The second-order valence-corrected chi connectivity index (χ2v) is 5.07. The van der Waals surface area contributed by atoms with Crippen LogP contribution in [0.1, 0.15) is 19.8 Å². The molecule has 0 aliphatic carbocycles. The van der Waals surface area contributed by atoms with Gasteiger partial charge in [0.05, 0.1) is 6.20 Å². The van der Waals surface area contributed by atoms with Gasteiger partial charge in [-0.3, -0.25) is 4.90 Å². The lowest BCUT2D eigenvalue weighted by Gasteiger charge is -2.23. The number of nitrogens with one attached hydrogen (secondary N) is 1. The summed E-state index contributed by atoms with van der Waals surface area (Å²) in [6.45, 7) is 5.22. The van der Waals surface area contributed by atoms with Crippen molar-refractivity contribution in [2.45, 2.75) is 25.8 Å². The van der Waals surface area contributed by atoms with Crippen molar-refractivity contribution in [3.05, 3.63) is 12.0 Å². The minimum absolute atomic E-state index is 0.316. The third kappa shape index (κ3) is 3.32. The van der Waals surface area contributed by atoms with E-state index < -0.39 is 5.82 Å². The Morgan fingerprint density at radius 3 is 3.00 bits per heavy atom. The van der Waals surface area contributed by atoms with Crippen LogP contribution in [0.4, 0.5) is 16.2 Å². The fraction of sp³-hybridized carbons (Fsp3) is 0.692. The Morgan fingerprint density at radius 2 is 2.32 bits per heavy atom. The first-order valence-corrected chi connectivity index (χ1v) is 6.79. The zero-order chi connectivity index (χ0) is 13.8. The van der Waals surface area contributed by atoms with E-state index >= 15 is 0 Å². The van der Waals surface area contributed by atoms with Gasteiger partial charge in [-0.2, -0.15) is 4.98 Å². The highest BCUT2D eigenvalue weighted by Crippen LogP contribution is 2.18. The fourth-order valence-corrected chi connectivity index (χ4v) is 2.51. The zero-order valence-corrected chi connectivity index (χ0v) is 11.9. The van der Waals surface area contributed by atoms with Crippen molar-refractivity contribution in [3.63, 3.8) is 0 Å². The molecule has 0 aromatic carbocycles. The first-order valence-electron chi connectivity index (χ1n) is 6.79. The molecular weight excluding hydrogens is 245 g/mol. The van der Waals surface area contributed by atoms with Crippen LogP contribution in [0.25, 0.3) is 0 Å². The Kier molecular flexibility index (Phi) is 4.52. The van der Waals surface area contributed by atoms with Gasteiger partial charge >= 0.3 is 0 Å². The predicted octanol–water partition coefficient (Wildman–Crippen LogP) is 1.58. The van der Waals surface area contributed by atoms with Crippen LogP contribution < -0.4 is 10.2 Å². The van der Waals surface area contributed by atoms with Crippen LogP contribution in [-0.4, -0.2) is 54.6 Å². The molecular formula is C13H22FN5. The van der Waals surface area contributed by atoms with Gasteiger partial charge in [0.15, 0.2) is 11.6 Å². The Morgan fingerprint density at radius 1 is 1.53 bits per heavy atom. The van der Waals surface area contributed by atoms with Gasteiger partial charge in [0.25, 0.3) is 0 Å². The highest BCUT2D eigenvalue weighted by atomic mass is 19.1. The molecule has 0 bridgehead atoms. The lowest BCUT2D eigenvalue weighted by atomic mass is 10.2. The Labute approximate surface area is 113 Å². The molecule has 1 atom stereocenters. The summed E-state index contributed by atoms with van der Waals surface area (Å²) in [5.41, 5.74) is 0. The highest BCUT2D eigenvalue weighted by Gasteiger charge is 2.22.